The minimum Gasteiger partial charge on any atom is -0.382 e. The quantitative estimate of drug-likeness (QED) is 0.928. The average Bonchev–Trinajstić information content (AvgIpc) is 2.57. The van der Waals surface area contributed by atoms with Crippen molar-refractivity contribution in [2.24, 2.45) is 10.7 Å². The number of rotatable bonds is 3. The summed E-state index contributed by atoms with van der Waals surface area (Å²) >= 11 is 3.54. The number of hydrogen-bond donors (Lipinski definition) is 1. The van der Waals surface area contributed by atoms with E-state index in [0.29, 0.717) is 19.1 Å². The van der Waals surface area contributed by atoms with Crippen molar-refractivity contribution in [1.82, 2.24) is 0 Å². The molecule has 0 radical (unpaired) electrons. The standard InChI is InChI=1S/C12H16BrN3O/c1-12(8-17-2)7-15-11(14)16(12)10-6-4-3-5-9(10)13/h3-6H,7-8H2,1-2H3,(H2,14,15). The highest BCUT2D eigenvalue weighted by molar-refractivity contribution is 9.10. The third-order valence-electron chi connectivity index (χ3n) is 2.90. The van der Waals surface area contributed by atoms with Gasteiger partial charge in [-0.05, 0) is 35.0 Å². The van der Waals surface area contributed by atoms with Crippen molar-refractivity contribution in [2.75, 3.05) is 25.2 Å². The maximum atomic E-state index is 5.99. The summed E-state index contributed by atoms with van der Waals surface area (Å²) in [5.41, 5.74) is 6.79. The largest absolute Gasteiger partial charge is 0.382 e. The molecule has 0 saturated heterocycles. The highest BCUT2D eigenvalue weighted by Crippen LogP contribution is 2.34. The van der Waals surface area contributed by atoms with Crippen LogP contribution < -0.4 is 10.6 Å². The molecule has 2 rings (SSSR count). The van der Waals surface area contributed by atoms with E-state index in [1.807, 2.05) is 29.2 Å². The number of anilines is 1. The topological polar surface area (TPSA) is 50.9 Å². The Balaban J connectivity index is 2.41. The minimum atomic E-state index is -0.220. The highest BCUT2D eigenvalue weighted by atomic mass is 79.9. The van der Waals surface area contributed by atoms with Gasteiger partial charge >= 0.3 is 0 Å². The summed E-state index contributed by atoms with van der Waals surface area (Å²) in [6.45, 7) is 3.33. The molecule has 0 amide bonds. The molecule has 5 heteroatoms. The van der Waals surface area contributed by atoms with E-state index in [-0.39, 0.29) is 5.54 Å². The van der Waals surface area contributed by atoms with Gasteiger partial charge in [-0.3, -0.25) is 4.99 Å². The van der Waals surface area contributed by atoms with Gasteiger partial charge in [-0.2, -0.15) is 0 Å². The Bertz CT molecular complexity index is 449. The zero-order valence-corrected chi connectivity index (χ0v) is 11.6. The molecule has 0 aromatic heterocycles. The van der Waals surface area contributed by atoms with Gasteiger partial charge in [0, 0.05) is 11.6 Å². The summed E-state index contributed by atoms with van der Waals surface area (Å²) < 4.78 is 6.29. The van der Waals surface area contributed by atoms with E-state index in [9.17, 15) is 0 Å². The van der Waals surface area contributed by atoms with E-state index >= 15 is 0 Å². The lowest BCUT2D eigenvalue weighted by molar-refractivity contribution is 0.149. The van der Waals surface area contributed by atoms with Crippen molar-refractivity contribution >= 4 is 27.6 Å². The van der Waals surface area contributed by atoms with Gasteiger partial charge in [0.15, 0.2) is 5.96 Å². The van der Waals surface area contributed by atoms with Crippen molar-refractivity contribution in [1.29, 1.82) is 0 Å². The fourth-order valence-electron chi connectivity index (χ4n) is 2.14. The molecule has 2 N–H and O–H groups in total. The number of hydrogen-bond acceptors (Lipinski definition) is 4. The number of methoxy groups -OCH3 is 1. The summed E-state index contributed by atoms with van der Waals surface area (Å²) in [5, 5.41) is 0. The SMILES string of the molecule is COCC1(C)CN=C(N)N1c1ccccc1Br. The number of benzene rings is 1. The molecule has 92 valence electrons. The number of guanidine groups is 1. The van der Waals surface area contributed by atoms with Crippen LogP contribution in [-0.4, -0.2) is 31.8 Å². The molecule has 1 atom stereocenters. The first-order chi connectivity index (χ1) is 8.08. The first-order valence-electron chi connectivity index (χ1n) is 5.42. The zero-order chi connectivity index (χ0) is 12.5. The van der Waals surface area contributed by atoms with Crippen LogP contribution in [0.1, 0.15) is 6.92 Å². The van der Waals surface area contributed by atoms with Gasteiger partial charge in [-0.25, -0.2) is 0 Å². The van der Waals surface area contributed by atoms with Crippen LogP contribution in [0.5, 0.6) is 0 Å². The van der Waals surface area contributed by atoms with E-state index in [1.54, 1.807) is 7.11 Å². The molecule has 0 saturated carbocycles. The second-order valence-corrected chi connectivity index (χ2v) is 5.25. The third kappa shape index (κ3) is 2.17. The second kappa shape index (κ2) is 4.66. The Labute approximate surface area is 110 Å². The van der Waals surface area contributed by atoms with E-state index in [1.165, 1.54) is 0 Å². The van der Waals surface area contributed by atoms with Crippen molar-refractivity contribution < 1.29 is 4.74 Å². The van der Waals surface area contributed by atoms with Crippen LogP contribution in [0.4, 0.5) is 5.69 Å². The van der Waals surface area contributed by atoms with Crippen LogP contribution in [0.2, 0.25) is 0 Å². The predicted molar refractivity (Wildman–Crippen MR) is 73.4 cm³/mol. The molecule has 1 aliphatic heterocycles. The minimum absolute atomic E-state index is 0.220. The molecule has 1 aromatic carbocycles. The van der Waals surface area contributed by atoms with Gasteiger partial charge in [0.25, 0.3) is 0 Å². The van der Waals surface area contributed by atoms with Crippen LogP contribution in [0.3, 0.4) is 0 Å². The van der Waals surface area contributed by atoms with E-state index < -0.39 is 0 Å². The molecule has 0 fully saturated rings. The van der Waals surface area contributed by atoms with Crippen molar-refractivity contribution in [2.45, 2.75) is 12.5 Å². The second-order valence-electron chi connectivity index (χ2n) is 4.39. The van der Waals surface area contributed by atoms with Gasteiger partial charge in [0.2, 0.25) is 0 Å². The summed E-state index contributed by atoms with van der Waals surface area (Å²) in [7, 11) is 1.69. The van der Waals surface area contributed by atoms with Gasteiger partial charge in [-0.15, -0.1) is 0 Å². The van der Waals surface area contributed by atoms with Crippen molar-refractivity contribution in [3.8, 4) is 0 Å². The van der Waals surface area contributed by atoms with Crippen molar-refractivity contribution in [3.63, 3.8) is 0 Å². The van der Waals surface area contributed by atoms with Crippen molar-refractivity contribution in [3.05, 3.63) is 28.7 Å². The first-order valence-corrected chi connectivity index (χ1v) is 6.21. The molecule has 0 spiro atoms. The van der Waals surface area contributed by atoms with Crippen LogP contribution >= 0.6 is 15.9 Å². The third-order valence-corrected chi connectivity index (χ3v) is 3.57. The summed E-state index contributed by atoms with van der Waals surface area (Å²) in [4.78, 5) is 6.35. The lowest BCUT2D eigenvalue weighted by atomic mass is 10.0. The molecular formula is C12H16BrN3O. The Morgan fingerprint density at radius 3 is 2.88 bits per heavy atom. The molecule has 1 aliphatic rings. The number of halogens is 1. The van der Waals surface area contributed by atoms with Gasteiger partial charge in [-0.1, -0.05) is 12.1 Å². The fraction of sp³-hybridized carbons (Fsp3) is 0.417. The fourth-order valence-corrected chi connectivity index (χ4v) is 2.60. The molecule has 0 bridgehead atoms. The molecule has 1 unspecified atom stereocenters. The number of ether oxygens (including phenoxy) is 1. The molecule has 4 nitrogen and oxygen atoms in total. The van der Waals surface area contributed by atoms with E-state index in [0.717, 1.165) is 10.2 Å². The number of para-hydroxylation sites is 1. The predicted octanol–water partition coefficient (Wildman–Crippen LogP) is 1.99. The molecule has 1 heterocycles. The molecule has 17 heavy (non-hydrogen) atoms. The maximum absolute atomic E-state index is 5.99. The Kier molecular flexibility index (Phi) is 3.40. The smallest absolute Gasteiger partial charge is 0.196 e. The Morgan fingerprint density at radius 2 is 2.24 bits per heavy atom. The summed E-state index contributed by atoms with van der Waals surface area (Å²) in [5.74, 6) is 0.538. The monoisotopic (exact) mass is 297 g/mol. The van der Waals surface area contributed by atoms with E-state index in [2.05, 4.69) is 27.8 Å². The summed E-state index contributed by atoms with van der Waals surface area (Å²) in [6, 6.07) is 7.98. The molecule has 1 aromatic rings. The Morgan fingerprint density at radius 1 is 1.53 bits per heavy atom. The lowest BCUT2D eigenvalue weighted by Crippen LogP contribution is -2.52. The van der Waals surface area contributed by atoms with Crippen LogP contribution in [0.25, 0.3) is 0 Å². The lowest BCUT2D eigenvalue weighted by Gasteiger charge is -2.36. The number of aliphatic imine (C=N–C) groups is 1. The zero-order valence-electron chi connectivity index (χ0n) is 9.98. The number of nitrogens with two attached hydrogens (primary N) is 1. The normalized spacial score (nSPS) is 23.9. The Hall–Kier alpha value is -1.07. The molecule has 0 aliphatic carbocycles. The van der Waals surface area contributed by atoms with Gasteiger partial charge < -0.3 is 15.4 Å². The van der Waals surface area contributed by atoms with Gasteiger partial charge in [0.05, 0.1) is 24.4 Å². The average molecular weight is 298 g/mol. The maximum Gasteiger partial charge on any atom is 0.196 e. The van der Waals surface area contributed by atoms with Crippen LogP contribution in [-0.2, 0) is 4.74 Å². The highest BCUT2D eigenvalue weighted by Gasteiger charge is 2.39. The molecular weight excluding hydrogens is 282 g/mol. The first kappa shape index (κ1) is 12.4. The van der Waals surface area contributed by atoms with Crippen LogP contribution in [0, 0.1) is 0 Å². The summed E-state index contributed by atoms with van der Waals surface area (Å²) in [6.07, 6.45) is 0. The van der Waals surface area contributed by atoms with Crippen LogP contribution in [0.15, 0.2) is 33.7 Å². The van der Waals surface area contributed by atoms with Gasteiger partial charge in [0.1, 0.15) is 0 Å². The van der Waals surface area contributed by atoms with E-state index in [4.69, 9.17) is 10.5 Å². The number of nitrogens with zero attached hydrogens (tertiary/aromatic N) is 2.